The topological polar surface area (TPSA) is 97.2 Å². The van der Waals surface area contributed by atoms with E-state index in [0.717, 1.165) is 5.56 Å². The fraction of sp³-hybridized carbons (Fsp3) is 0.200. The Kier molecular flexibility index (Phi) is 5.02. The van der Waals surface area contributed by atoms with Crippen molar-refractivity contribution in [3.8, 4) is 0 Å². The Bertz CT molecular complexity index is 688. The van der Waals surface area contributed by atoms with Crippen molar-refractivity contribution in [2.45, 2.75) is 13.3 Å². The van der Waals surface area contributed by atoms with Crippen LogP contribution in [0.3, 0.4) is 0 Å². The molecule has 0 atom stereocenters. The van der Waals surface area contributed by atoms with E-state index in [1.807, 2.05) is 13.0 Å². The van der Waals surface area contributed by atoms with Crippen LogP contribution >= 0.6 is 0 Å². The van der Waals surface area contributed by atoms with E-state index in [1.54, 1.807) is 30.5 Å². The van der Waals surface area contributed by atoms with Gasteiger partial charge in [-0.25, -0.2) is 4.98 Å². The number of carbonyl (C=O) groups excluding carboxylic acids is 1. The van der Waals surface area contributed by atoms with Gasteiger partial charge in [0, 0.05) is 25.2 Å². The third kappa shape index (κ3) is 4.02. The molecule has 0 aliphatic rings. The molecule has 0 saturated carbocycles. The molecular formula is C15H16N4O3. The van der Waals surface area contributed by atoms with Gasteiger partial charge in [0.1, 0.15) is 11.5 Å². The number of hydrogen-bond acceptors (Lipinski definition) is 5. The van der Waals surface area contributed by atoms with Gasteiger partial charge in [0.25, 0.3) is 5.69 Å². The first-order valence-electron chi connectivity index (χ1n) is 6.76. The molecule has 114 valence electrons. The Hall–Kier alpha value is -2.96. The summed E-state index contributed by atoms with van der Waals surface area (Å²) in [6, 6.07) is 9.97. The second-order valence-electron chi connectivity index (χ2n) is 4.67. The summed E-state index contributed by atoms with van der Waals surface area (Å²) in [5.74, 6) is 0.325. The van der Waals surface area contributed by atoms with Crippen molar-refractivity contribution < 1.29 is 9.72 Å². The Morgan fingerprint density at radius 3 is 2.77 bits per heavy atom. The van der Waals surface area contributed by atoms with E-state index in [2.05, 4.69) is 15.6 Å². The Morgan fingerprint density at radius 1 is 1.27 bits per heavy atom. The number of nitrogens with one attached hydrogen (secondary N) is 2. The standard InChI is InChI=1S/C15H16N4O3/c1-11-5-4-9-17-15(11)18-14(20)8-10-16-12-6-2-3-7-13(12)19(21)22/h2-7,9,16H,8,10H2,1H3,(H,17,18,20). The minimum atomic E-state index is -0.459. The normalized spacial score (nSPS) is 10.0. The molecule has 1 amide bonds. The fourth-order valence-electron chi connectivity index (χ4n) is 1.90. The molecule has 2 aromatic rings. The lowest BCUT2D eigenvalue weighted by Gasteiger charge is -2.08. The van der Waals surface area contributed by atoms with E-state index in [1.165, 1.54) is 6.07 Å². The molecule has 0 aliphatic heterocycles. The van der Waals surface area contributed by atoms with Crippen LogP contribution in [0.4, 0.5) is 17.2 Å². The molecule has 1 aromatic heterocycles. The van der Waals surface area contributed by atoms with Crippen molar-refractivity contribution in [2.24, 2.45) is 0 Å². The number of nitro groups is 1. The molecule has 2 rings (SSSR count). The lowest BCUT2D eigenvalue weighted by atomic mass is 10.2. The zero-order chi connectivity index (χ0) is 15.9. The van der Waals surface area contributed by atoms with Crippen LogP contribution in [0.25, 0.3) is 0 Å². The summed E-state index contributed by atoms with van der Waals surface area (Å²) in [5.41, 5.74) is 1.26. The van der Waals surface area contributed by atoms with E-state index in [9.17, 15) is 14.9 Å². The molecule has 7 heteroatoms. The number of carbonyl (C=O) groups is 1. The molecule has 0 radical (unpaired) electrons. The number of hydrogen-bond donors (Lipinski definition) is 2. The highest BCUT2D eigenvalue weighted by Crippen LogP contribution is 2.22. The molecule has 0 fully saturated rings. The van der Waals surface area contributed by atoms with Crippen LogP contribution in [0.2, 0.25) is 0 Å². The average molecular weight is 300 g/mol. The highest BCUT2D eigenvalue weighted by atomic mass is 16.6. The van der Waals surface area contributed by atoms with E-state index in [-0.39, 0.29) is 18.0 Å². The molecule has 0 spiro atoms. The summed E-state index contributed by atoms with van der Waals surface area (Å²) in [7, 11) is 0. The maximum Gasteiger partial charge on any atom is 0.292 e. The van der Waals surface area contributed by atoms with Crippen LogP contribution in [0.5, 0.6) is 0 Å². The monoisotopic (exact) mass is 300 g/mol. The highest BCUT2D eigenvalue weighted by molar-refractivity contribution is 5.90. The van der Waals surface area contributed by atoms with Crippen molar-refractivity contribution in [1.29, 1.82) is 0 Å². The third-order valence-electron chi connectivity index (χ3n) is 3.04. The van der Waals surface area contributed by atoms with Crippen LogP contribution in [0.15, 0.2) is 42.6 Å². The number of amides is 1. The van der Waals surface area contributed by atoms with Gasteiger partial charge in [0.05, 0.1) is 4.92 Å². The van der Waals surface area contributed by atoms with Gasteiger partial charge in [-0.15, -0.1) is 0 Å². The summed E-state index contributed by atoms with van der Waals surface area (Å²) in [5, 5.41) is 16.5. The number of rotatable bonds is 6. The van der Waals surface area contributed by atoms with Gasteiger partial charge in [-0.2, -0.15) is 0 Å². The summed E-state index contributed by atoms with van der Waals surface area (Å²) >= 11 is 0. The van der Waals surface area contributed by atoms with Gasteiger partial charge < -0.3 is 10.6 Å². The largest absolute Gasteiger partial charge is 0.379 e. The Labute approximate surface area is 127 Å². The average Bonchev–Trinajstić information content (AvgIpc) is 2.50. The number of pyridine rings is 1. The Morgan fingerprint density at radius 2 is 2.05 bits per heavy atom. The smallest absolute Gasteiger partial charge is 0.292 e. The number of para-hydroxylation sites is 2. The molecule has 0 unspecified atom stereocenters. The first-order valence-corrected chi connectivity index (χ1v) is 6.76. The third-order valence-corrected chi connectivity index (χ3v) is 3.04. The Balaban J connectivity index is 1.88. The van der Waals surface area contributed by atoms with Crippen LogP contribution in [-0.2, 0) is 4.79 Å². The number of aryl methyl sites for hydroxylation is 1. The molecule has 0 saturated heterocycles. The SMILES string of the molecule is Cc1cccnc1NC(=O)CCNc1ccccc1[N+](=O)[O-]. The first-order chi connectivity index (χ1) is 10.6. The van der Waals surface area contributed by atoms with Gasteiger partial charge in [-0.1, -0.05) is 18.2 Å². The van der Waals surface area contributed by atoms with E-state index >= 15 is 0 Å². The summed E-state index contributed by atoms with van der Waals surface area (Å²) in [6.45, 7) is 2.15. The minimum Gasteiger partial charge on any atom is -0.379 e. The maximum atomic E-state index is 11.8. The van der Waals surface area contributed by atoms with Crippen LogP contribution in [0.1, 0.15) is 12.0 Å². The van der Waals surface area contributed by atoms with Crippen molar-refractivity contribution >= 4 is 23.1 Å². The predicted octanol–water partition coefficient (Wildman–Crippen LogP) is 2.74. The zero-order valence-corrected chi connectivity index (χ0v) is 12.1. The number of nitrogens with zero attached hydrogens (tertiary/aromatic N) is 2. The summed E-state index contributed by atoms with van der Waals surface area (Å²) < 4.78 is 0. The lowest BCUT2D eigenvalue weighted by Crippen LogP contribution is -2.17. The highest BCUT2D eigenvalue weighted by Gasteiger charge is 2.12. The van der Waals surface area contributed by atoms with Crippen molar-refractivity contribution in [3.05, 3.63) is 58.3 Å². The second kappa shape index (κ2) is 7.16. The van der Waals surface area contributed by atoms with Crippen molar-refractivity contribution in [1.82, 2.24) is 4.98 Å². The molecule has 1 aromatic carbocycles. The van der Waals surface area contributed by atoms with Gasteiger partial charge >= 0.3 is 0 Å². The quantitative estimate of drug-likeness (QED) is 0.631. The number of benzene rings is 1. The van der Waals surface area contributed by atoms with Crippen LogP contribution < -0.4 is 10.6 Å². The van der Waals surface area contributed by atoms with Crippen LogP contribution in [0, 0.1) is 17.0 Å². The fourth-order valence-corrected chi connectivity index (χ4v) is 1.90. The predicted molar refractivity (Wildman–Crippen MR) is 83.8 cm³/mol. The number of aromatic nitrogens is 1. The molecule has 22 heavy (non-hydrogen) atoms. The van der Waals surface area contributed by atoms with Gasteiger partial charge in [0.2, 0.25) is 5.91 Å². The van der Waals surface area contributed by atoms with E-state index < -0.39 is 4.92 Å². The van der Waals surface area contributed by atoms with Crippen LogP contribution in [-0.4, -0.2) is 22.4 Å². The molecule has 7 nitrogen and oxygen atoms in total. The van der Waals surface area contributed by atoms with Gasteiger partial charge in [-0.05, 0) is 24.6 Å². The maximum absolute atomic E-state index is 11.8. The zero-order valence-electron chi connectivity index (χ0n) is 12.1. The van der Waals surface area contributed by atoms with E-state index in [4.69, 9.17) is 0 Å². The van der Waals surface area contributed by atoms with Gasteiger partial charge in [0.15, 0.2) is 0 Å². The molecular weight excluding hydrogens is 284 g/mol. The molecule has 1 heterocycles. The van der Waals surface area contributed by atoms with Crippen molar-refractivity contribution in [2.75, 3.05) is 17.2 Å². The second-order valence-corrected chi connectivity index (χ2v) is 4.67. The van der Waals surface area contributed by atoms with Crippen molar-refractivity contribution in [3.63, 3.8) is 0 Å². The first kappa shape index (κ1) is 15.4. The van der Waals surface area contributed by atoms with Gasteiger partial charge in [-0.3, -0.25) is 14.9 Å². The summed E-state index contributed by atoms with van der Waals surface area (Å²) in [6.07, 6.45) is 1.79. The molecule has 2 N–H and O–H groups in total. The van der Waals surface area contributed by atoms with E-state index in [0.29, 0.717) is 18.1 Å². The molecule has 0 bridgehead atoms. The number of anilines is 2. The molecule has 0 aliphatic carbocycles. The minimum absolute atomic E-state index is 0.0107. The lowest BCUT2D eigenvalue weighted by molar-refractivity contribution is -0.384. The number of nitro benzene ring substituents is 1. The summed E-state index contributed by atoms with van der Waals surface area (Å²) in [4.78, 5) is 26.3.